The minimum absolute atomic E-state index is 0.0500. The highest BCUT2D eigenvalue weighted by Gasteiger charge is 2.44. The fraction of sp³-hybridized carbons (Fsp3) is 0.241. The molecule has 3 aromatic rings. The van der Waals surface area contributed by atoms with E-state index in [9.17, 15) is 9.59 Å². The van der Waals surface area contributed by atoms with E-state index >= 15 is 0 Å². The Kier molecular flexibility index (Phi) is 6.17. The van der Waals surface area contributed by atoms with E-state index in [2.05, 4.69) is 17.1 Å². The van der Waals surface area contributed by atoms with Crippen LogP contribution in [0.3, 0.4) is 0 Å². The van der Waals surface area contributed by atoms with Gasteiger partial charge < -0.3 is 4.74 Å². The van der Waals surface area contributed by atoms with Crippen LogP contribution < -0.4 is 0 Å². The molecule has 0 saturated carbocycles. The quantitative estimate of drug-likeness (QED) is 0.488. The number of allylic oxidation sites excluding steroid dienone is 2. The number of nitrogens with zero attached hydrogens (tertiary/aromatic N) is 2. The summed E-state index contributed by atoms with van der Waals surface area (Å²) < 4.78 is 5.73. The minimum Gasteiger partial charge on any atom is -0.460 e. The molecule has 2 aromatic carbocycles. The number of pyridine rings is 1. The molecule has 2 heterocycles. The number of aliphatic imine (C=N–C) groups is 1. The maximum absolute atomic E-state index is 13.6. The molecule has 5 heteroatoms. The van der Waals surface area contributed by atoms with Gasteiger partial charge in [0.2, 0.25) is 0 Å². The van der Waals surface area contributed by atoms with Crippen molar-refractivity contribution in [3.63, 3.8) is 0 Å². The van der Waals surface area contributed by atoms with Crippen LogP contribution in [-0.4, -0.2) is 22.4 Å². The third kappa shape index (κ3) is 4.34. The van der Waals surface area contributed by atoms with Gasteiger partial charge in [-0.2, -0.15) is 0 Å². The number of rotatable bonds is 5. The Hall–Kier alpha value is -3.86. The first kappa shape index (κ1) is 22.0. The summed E-state index contributed by atoms with van der Waals surface area (Å²) in [6.45, 7) is 2.05. The smallest absolute Gasteiger partial charge is 0.315 e. The van der Waals surface area contributed by atoms with E-state index in [0.717, 1.165) is 22.4 Å². The predicted molar refractivity (Wildman–Crippen MR) is 130 cm³/mol. The Labute approximate surface area is 199 Å². The van der Waals surface area contributed by atoms with Gasteiger partial charge in [-0.15, -0.1) is 0 Å². The first-order valence-electron chi connectivity index (χ1n) is 11.6. The van der Waals surface area contributed by atoms with Crippen molar-refractivity contribution in [1.29, 1.82) is 0 Å². The van der Waals surface area contributed by atoms with Gasteiger partial charge in [0.1, 0.15) is 12.5 Å². The van der Waals surface area contributed by atoms with Crippen LogP contribution in [0.4, 0.5) is 0 Å². The molecule has 1 aromatic heterocycles. The lowest BCUT2D eigenvalue weighted by molar-refractivity contribution is -0.148. The zero-order chi connectivity index (χ0) is 23.5. The van der Waals surface area contributed by atoms with Crippen molar-refractivity contribution < 1.29 is 14.3 Å². The fourth-order valence-electron chi connectivity index (χ4n) is 5.08. The third-order valence-corrected chi connectivity index (χ3v) is 6.70. The highest BCUT2D eigenvalue weighted by molar-refractivity contribution is 6.09. The Morgan fingerprint density at radius 1 is 0.912 bits per heavy atom. The molecule has 1 aliphatic carbocycles. The monoisotopic (exact) mass is 450 g/mol. The Bertz CT molecular complexity index is 1250. The van der Waals surface area contributed by atoms with Crippen molar-refractivity contribution in [2.75, 3.05) is 0 Å². The topological polar surface area (TPSA) is 68.6 Å². The first-order valence-corrected chi connectivity index (χ1v) is 11.6. The summed E-state index contributed by atoms with van der Waals surface area (Å²) in [6.07, 6.45) is 4.48. The Balaban J connectivity index is 1.49. The van der Waals surface area contributed by atoms with Gasteiger partial charge in [0, 0.05) is 41.7 Å². The van der Waals surface area contributed by atoms with E-state index in [1.165, 1.54) is 0 Å². The number of Topliss-reactive ketones (excluding diaryl/α,β-unsaturated/α-hetero) is 1. The number of benzene rings is 2. The first-order chi connectivity index (χ1) is 16.6. The molecule has 0 radical (unpaired) electrons. The normalized spacial score (nSPS) is 22.1. The molecule has 0 N–H and O–H groups in total. The molecule has 34 heavy (non-hydrogen) atoms. The second kappa shape index (κ2) is 9.56. The molecule has 170 valence electrons. The summed E-state index contributed by atoms with van der Waals surface area (Å²) in [4.78, 5) is 35.9. The second-order valence-electron chi connectivity index (χ2n) is 8.88. The molecule has 5 nitrogen and oxygen atoms in total. The highest BCUT2D eigenvalue weighted by atomic mass is 16.5. The van der Waals surface area contributed by atoms with E-state index in [1.54, 1.807) is 12.4 Å². The van der Waals surface area contributed by atoms with Crippen molar-refractivity contribution in [1.82, 2.24) is 4.98 Å². The van der Waals surface area contributed by atoms with Gasteiger partial charge in [-0.05, 0) is 48.1 Å². The lowest BCUT2D eigenvalue weighted by atomic mass is 9.69. The Morgan fingerprint density at radius 3 is 2.29 bits per heavy atom. The van der Waals surface area contributed by atoms with Crippen molar-refractivity contribution in [2.45, 2.75) is 38.2 Å². The van der Waals surface area contributed by atoms with Gasteiger partial charge in [-0.1, -0.05) is 60.7 Å². The van der Waals surface area contributed by atoms with Gasteiger partial charge in [0.25, 0.3) is 0 Å². The van der Waals surface area contributed by atoms with Gasteiger partial charge in [-0.25, -0.2) is 0 Å². The average Bonchev–Trinajstić information content (AvgIpc) is 2.88. The van der Waals surface area contributed by atoms with Crippen molar-refractivity contribution in [2.24, 2.45) is 10.9 Å². The van der Waals surface area contributed by atoms with E-state index in [1.807, 2.05) is 67.6 Å². The number of hydrogen-bond donors (Lipinski definition) is 0. The molecular formula is C29H26N2O3. The molecule has 0 spiro atoms. The van der Waals surface area contributed by atoms with Crippen LogP contribution in [-0.2, 0) is 20.9 Å². The van der Waals surface area contributed by atoms with Gasteiger partial charge >= 0.3 is 5.97 Å². The van der Waals surface area contributed by atoms with Crippen LogP contribution in [0.15, 0.2) is 101 Å². The number of carbonyl (C=O) groups is 2. The van der Waals surface area contributed by atoms with E-state index in [-0.39, 0.29) is 24.3 Å². The van der Waals surface area contributed by atoms with Gasteiger partial charge in [-0.3, -0.25) is 19.6 Å². The zero-order valence-electron chi connectivity index (χ0n) is 19.1. The largest absolute Gasteiger partial charge is 0.460 e. The third-order valence-electron chi connectivity index (χ3n) is 6.70. The van der Waals surface area contributed by atoms with Crippen LogP contribution in [0.2, 0.25) is 0 Å². The number of ether oxygens (including phenoxy) is 1. The zero-order valence-corrected chi connectivity index (χ0v) is 19.1. The van der Waals surface area contributed by atoms with E-state index < -0.39 is 11.8 Å². The summed E-state index contributed by atoms with van der Waals surface area (Å²) in [5, 5.41) is 0. The summed E-state index contributed by atoms with van der Waals surface area (Å²) >= 11 is 0. The molecule has 2 aliphatic rings. The fourth-order valence-corrected chi connectivity index (χ4v) is 5.08. The summed E-state index contributed by atoms with van der Waals surface area (Å²) in [5.41, 5.74) is 5.05. The maximum Gasteiger partial charge on any atom is 0.315 e. The molecule has 3 atom stereocenters. The molecule has 0 saturated heterocycles. The van der Waals surface area contributed by atoms with Crippen molar-refractivity contribution >= 4 is 17.5 Å². The van der Waals surface area contributed by atoms with E-state index in [4.69, 9.17) is 9.73 Å². The number of aromatic nitrogens is 1. The minimum atomic E-state index is -0.651. The molecule has 0 amide bonds. The van der Waals surface area contributed by atoms with Crippen LogP contribution in [0.25, 0.3) is 0 Å². The summed E-state index contributed by atoms with van der Waals surface area (Å²) in [5.74, 6) is -1.31. The van der Waals surface area contributed by atoms with Crippen LogP contribution >= 0.6 is 0 Å². The lowest BCUT2D eigenvalue weighted by Crippen LogP contribution is -2.38. The number of carbonyl (C=O) groups excluding carboxylic acids is 2. The average molecular weight is 451 g/mol. The number of esters is 1. The Morgan fingerprint density at radius 2 is 1.59 bits per heavy atom. The van der Waals surface area contributed by atoms with Gasteiger partial charge in [0.05, 0.1) is 0 Å². The molecule has 1 unspecified atom stereocenters. The number of hydrogen-bond acceptors (Lipinski definition) is 5. The van der Waals surface area contributed by atoms with Gasteiger partial charge in [0.15, 0.2) is 5.78 Å². The predicted octanol–water partition coefficient (Wildman–Crippen LogP) is 5.40. The molecule has 1 aliphatic heterocycles. The van der Waals surface area contributed by atoms with Crippen LogP contribution in [0, 0.1) is 5.92 Å². The van der Waals surface area contributed by atoms with Crippen LogP contribution in [0.1, 0.15) is 48.3 Å². The molecule has 5 rings (SSSR count). The summed E-state index contributed by atoms with van der Waals surface area (Å²) in [6, 6.07) is 23.4. The molecule has 0 fully saturated rings. The molecule has 0 bridgehead atoms. The number of ketones is 1. The standard InChI is InChI=1S/C29H26N2O3/c1-19-26(29(33)34-18-20-8-4-2-5-9-20)27(22-12-14-30-15-13-22)28-24(31-19)16-23(17-25(28)32)21-10-6-3-7-11-21/h2-15,23,26-27H,16-18H2,1H3/t23-,26?,27+/m1/s1. The van der Waals surface area contributed by atoms with Crippen molar-refractivity contribution in [3.05, 3.63) is 113 Å². The van der Waals surface area contributed by atoms with E-state index in [0.29, 0.717) is 24.1 Å². The van der Waals surface area contributed by atoms with Crippen molar-refractivity contribution in [3.8, 4) is 0 Å². The maximum atomic E-state index is 13.6. The highest BCUT2D eigenvalue weighted by Crippen LogP contribution is 2.46. The SMILES string of the molecule is CC1=NC2=C(C(=O)C[C@H](c3ccccc3)C2)[C@@H](c2ccncc2)C1C(=O)OCc1ccccc1. The molecular weight excluding hydrogens is 424 g/mol. The van der Waals surface area contributed by atoms with Crippen LogP contribution in [0.5, 0.6) is 0 Å². The second-order valence-corrected chi connectivity index (χ2v) is 8.88. The lowest BCUT2D eigenvalue weighted by Gasteiger charge is -2.36. The summed E-state index contributed by atoms with van der Waals surface area (Å²) in [7, 11) is 0.